The lowest BCUT2D eigenvalue weighted by atomic mass is 9.40. The summed E-state index contributed by atoms with van der Waals surface area (Å²) in [5.74, 6) is -25.9. The van der Waals surface area contributed by atoms with Gasteiger partial charge in [-0.1, -0.05) is 6.07 Å². The molecule has 1 aromatic heterocycles. The van der Waals surface area contributed by atoms with Crippen molar-refractivity contribution in [2.75, 3.05) is 0 Å². The molecular formula is C21H6BF10NO. The van der Waals surface area contributed by atoms with Gasteiger partial charge in [0.25, 0.3) is 0 Å². The van der Waals surface area contributed by atoms with Crippen molar-refractivity contribution in [2.45, 2.75) is 0 Å². The summed E-state index contributed by atoms with van der Waals surface area (Å²) in [7, 11) is 0. The zero-order chi connectivity index (χ0) is 24.7. The van der Waals surface area contributed by atoms with Crippen LogP contribution in [0.4, 0.5) is 43.9 Å². The van der Waals surface area contributed by atoms with Gasteiger partial charge in [-0.15, -0.1) is 0 Å². The van der Waals surface area contributed by atoms with Gasteiger partial charge in [0.05, 0.1) is 0 Å². The fourth-order valence-electron chi connectivity index (χ4n) is 4.37. The minimum absolute atomic E-state index is 0.155. The van der Waals surface area contributed by atoms with Crippen molar-refractivity contribution in [1.82, 2.24) is 0 Å². The normalized spacial score (nSPS) is 14.1. The van der Waals surface area contributed by atoms with E-state index in [-0.39, 0.29) is 16.7 Å². The molecule has 0 spiro atoms. The molecule has 5 rings (SSSR count). The molecule has 4 aromatic rings. The van der Waals surface area contributed by atoms with Gasteiger partial charge in [0.1, 0.15) is 35.2 Å². The third-order valence-corrected chi connectivity index (χ3v) is 5.77. The average Bonchev–Trinajstić information content (AvgIpc) is 3.15. The number of rotatable bonds is 2. The lowest BCUT2D eigenvalue weighted by Crippen LogP contribution is -2.83. The Kier molecular flexibility index (Phi) is 4.61. The summed E-state index contributed by atoms with van der Waals surface area (Å²) < 4.78 is 150. The van der Waals surface area contributed by atoms with Crippen LogP contribution in [-0.2, 0) is 0 Å². The van der Waals surface area contributed by atoms with Gasteiger partial charge in [-0.05, 0) is 35.2 Å². The monoisotopic (exact) mass is 489 g/mol. The first-order chi connectivity index (χ1) is 16.0. The number of aromatic nitrogens is 1. The van der Waals surface area contributed by atoms with Gasteiger partial charge in [0.15, 0.2) is 34.9 Å². The Morgan fingerprint density at radius 3 is 1.41 bits per heavy atom. The summed E-state index contributed by atoms with van der Waals surface area (Å²) in [5.41, 5.74) is -4.00. The highest BCUT2D eigenvalue weighted by atomic mass is 19.2. The van der Waals surface area contributed by atoms with Crippen molar-refractivity contribution in [2.24, 2.45) is 0 Å². The van der Waals surface area contributed by atoms with Gasteiger partial charge in [-0.3, -0.25) is 0 Å². The molecular weight excluding hydrogens is 483 g/mol. The molecule has 2 nitrogen and oxygen atoms in total. The Morgan fingerprint density at radius 1 is 0.529 bits per heavy atom. The number of nitrogens with zero attached hydrogens (tertiary/aromatic N) is 1. The van der Waals surface area contributed by atoms with Crippen LogP contribution >= 0.6 is 0 Å². The zero-order valence-electron chi connectivity index (χ0n) is 16.2. The minimum Gasteiger partial charge on any atom is -0.646 e. The summed E-state index contributed by atoms with van der Waals surface area (Å²) in [5, 5.41) is 0.205. The van der Waals surface area contributed by atoms with Crippen LogP contribution < -0.4 is 20.1 Å². The lowest BCUT2D eigenvalue weighted by Gasteiger charge is -2.32. The van der Waals surface area contributed by atoms with Crippen molar-refractivity contribution in [3.63, 3.8) is 0 Å². The highest BCUT2D eigenvalue weighted by molar-refractivity contribution is 6.92. The molecule has 0 saturated carbocycles. The maximum absolute atomic E-state index is 15.0. The van der Waals surface area contributed by atoms with E-state index in [1.165, 1.54) is 18.2 Å². The van der Waals surface area contributed by atoms with Crippen molar-refractivity contribution in [3.8, 4) is 5.75 Å². The van der Waals surface area contributed by atoms with Crippen molar-refractivity contribution in [3.05, 3.63) is 94.7 Å². The second-order valence-electron chi connectivity index (χ2n) is 7.44. The standard InChI is InChI=1S/C21H6BF10NO/c23-11-9(12(24)16(28)19(31)15(11)27)22(10-13(25)17(29)20(32)18(30)14(10)26)33-6-2-4-7-3-1-5-8(34-22)21(7)33/h1-6H. The molecule has 3 aromatic carbocycles. The molecule has 0 saturated heterocycles. The Hall–Kier alpha value is -3.77. The maximum Gasteiger partial charge on any atom is 0.525 e. The molecule has 1 aliphatic heterocycles. The molecule has 2 heterocycles. The van der Waals surface area contributed by atoms with Gasteiger partial charge in [0.2, 0.25) is 5.52 Å². The van der Waals surface area contributed by atoms with E-state index in [9.17, 15) is 26.3 Å². The molecule has 0 amide bonds. The first-order valence-corrected chi connectivity index (χ1v) is 9.35. The predicted octanol–water partition coefficient (Wildman–Crippen LogP) is 4.02. The van der Waals surface area contributed by atoms with E-state index < -0.39 is 75.6 Å². The smallest absolute Gasteiger partial charge is 0.525 e. The van der Waals surface area contributed by atoms with Crippen molar-refractivity contribution >= 4 is 28.3 Å². The highest BCUT2D eigenvalue weighted by Crippen LogP contribution is 2.33. The third kappa shape index (κ3) is 2.52. The second-order valence-corrected chi connectivity index (χ2v) is 7.44. The van der Waals surface area contributed by atoms with E-state index in [1.54, 1.807) is 0 Å². The Balaban J connectivity index is 2.07. The number of benzene rings is 3. The summed E-state index contributed by atoms with van der Waals surface area (Å²) in [6.07, 6.45) is 0.898. The minimum atomic E-state index is -4.53. The SMILES string of the molecule is Fc1c(F)c(F)c([B-]2(c3c(F)c(F)c(F)c(F)c3F)Oc3cccc4ccc[n+]2c34)c(F)c1F. The average molecular weight is 489 g/mol. The number of hydrogen-bond acceptors (Lipinski definition) is 1. The van der Waals surface area contributed by atoms with Crippen molar-refractivity contribution in [1.29, 1.82) is 0 Å². The van der Waals surface area contributed by atoms with Gasteiger partial charge in [-0.2, -0.15) is 0 Å². The van der Waals surface area contributed by atoms with E-state index in [4.69, 9.17) is 4.65 Å². The zero-order valence-corrected chi connectivity index (χ0v) is 16.2. The van der Waals surface area contributed by atoms with Crippen LogP contribution in [0.5, 0.6) is 5.75 Å². The Bertz CT molecular complexity index is 1420. The molecule has 13 heteroatoms. The first-order valence-electron chi connectivity index (χ1n) is 9.35. The largest absolute Gasteiger partial charge is 0.646 e. The number of hydrogen-bond donors (Lipinski definition) is 0. The molecule has 174 valence electrons. The molecule has 0 bridgehead atoms. The van der Waals surface area contributed by atoms with Crippen LogP contribution in [0.1, 0.15) is 0 Å². The molecule has 0 atom stereocenters. The van der Waals surface area contributed by atoms with Crippen LogP contribution in [-0.4, -0.2) is 6.48 Å². The van der Waals surface area contributed by atoms with Gasteiger partial charge < -0.3 is 9.13 Å². The Labute approximate surface area is 182 Å². The quantitative estimate of drug-likeness (QED) is 0.180. The molecule has 0 N–H and O–H groups in total. The van der Waals surface area contributed by atoms with Crippen LogP contribution in [0.25, 0.3) is 10.9 Å². The first kappa shape index (κ1) is 22.0. The molecule has 0 fully saturated rings. The second kappa shape index (κ2) is 7.11. The van der Waals surface area contributed by atoms with E-state index in [1.807, 2.05) is 0 Å². The van der Waals surface area contributed by atoms with Gasteiger partial charge in [0, 0.05) is 5.39 Å². The molecule has 0 radical (unpaired) electrons. The van der Waals surface area contributed by atoms with Gasteiger partial charge >= 0.3 is 6.48 Å². The van der Waals surface area contributed by atoms with Gasteiger partial charge in [-0.25, -0.2) is 43.9 Å². The fourth-order valence-corrected chi connectivity index (χ4v) is 4.37. The summed E-state index contributed by atoms with van der Waals surface area (Å²) >= 11 is 0. The Morgan fingerprint density at radius 2 is 0.941 bits per heavy atom. The lowest BCUT2D eigenvalue weighted by molar-refractivity contribution is -0.515. The van der Waals surface area contributed by atoms with E-state index in [2.05, 4.69) is 0 Å². The highest BCUT2D eigenvalue weighted by Gasteiger charge is 2.59. The summed E-state index contributed by atoms with van der Waals surface area (Å²) in [6, 6.07) is 6.42. The summed E-state index contributed by atoms with van der Waals surface area (Å²) in [6.45, 7) is -4.53. The van der Waals surface area contributed by atoms with Crippen LogP contribution in [0.2, 0.25) is 0 Å². The summed E-state index contributed by atoms with van der Waals surface area (Å²) in [4.78, 5) is 0. The fraction of sp³-hybridized carbons (Fsp3) is 0. The number of para-hydroxylation sites is 1. The number of halogens is 10. The molecule has 0 aliphatic carbocycles. The molecule has 1 aliphatic rings. The molecule has 34 heavy (non-hydrogen) atoms. The van der Waals surface area contributed by atoms with E-state index in [0.29, 0.717) is 4.48 Å². The van der Waals surface area contributed by atoms with E-state index in [0.717, 1.165) is 18.3 Å². The molecule has 0 unspecified atom stereocenters. The topological polar surface area (TPSA) is 13.1 Å². The van der Waals surface area contributed by atoms with Crippen LogP contribution in [0.15, 0.2) is 36.5 Å². The van der Waals surface area contributed by atoms with Crippen LogP contribution in [0.3, 0.4) is 0 Å². The predicted molar refractivity (Wildman–Crippen MR) is 97.7 cm³/mol. The van der Waals surface area contributed by atoms with Crippen molar-refractivity contribution < 1.29 is 53.0 Å². The number of pyridine rings is 1. The third-order valence-electron chi connectivity index (χ3n) is 5.77. The van der Waals surface area contributed by atoms with Crippen LogP contribution in [0, 0.1) is 58.2 Å². The maximum atomic E-state index is 15.0. The van der Waals surface area contributed by atoms with E-state index >= 15 is 17.6 Å².